The van der Waals surface area contributed by atoms with Crippen LogP contribution in [0, 0.1) is 0 Å². The number of hydrogen-bond acceptors (Lipinski definition) is 1. The monoisotopic (exact) mass is 265 g/mol. The fraction of sp³-hybridized carbons (Fsp3) is 0.625. The van der Waals surface area contributed by atoms with Crippen LogP contribution in [0.4, 0.5) is 0 Å². The lowest BCUT2D eigenvalue weighted by Crippen LogP contribution is -2.28. The Morgan fingerprint density at radius 1 is 1.22 bits per heavy atom. The summed E-state index contributed by atoms with van der Waals surface area (Å²) >= 11 is 5.80. The normalized spacial score (nSPS) is 20.4. The molecule has 1 aromatic rings. The van der Waals surface area contributed by atoms with Crippen molar-refractivity contribution in [1.82, 2.24) is 4.90 Å². The Bertz CT molecular complexity index is 347. The van der Waals surface area contributed by atoms with Crippen molar-refractivity contribution < 1.29 is 0 Å². The van der Waals surface area contributed by atoms with Gasteiger partial charge in [0, 0.05) is 18.5 Å². The van der Waals surface area contributed by atoms with E-state index in [0.29, 0.717) is 0 Å². The third-order valence-electron chi connectivity index (χ3n) is 3.99. The lowest BCUT2D eigenvalue weighted by atomic mass is 10.1. The topological polar surface area (TPSA) is 3.24 Å². The van der Waals surface area contributed by atoms with Gasteiger partial charge in [0.25, 0.3) is 0 Å². The van der Waals surface area contributed by atoms with E-state index in [1.165, 1.54) is 36.9 Å². The van der Waals surface area contributed by atoms with Crippen LogP contribution in [0.3, 0.4) is 0 Å². The fourth-order valence-corrected chi connectivity index (χ4v) is 3.01. The van der Waals surface area contributed by atoms with Gasteiger partial charge in [-0.2, -0.15) is 0 Å². The molecule has 1 heterocycles. The van der Waals surface area contributed by atoms with Crippen LogP contribution in [0.5, 0.6) is 0 Å². The number of benzene rings is 1. The predicted molar refractivity (Wildman–Crippen MR) is 79.2 cm³/mol. The van der Waals surface area contributed by atoms with E-state index >= 15 is 0 Å². The molecule has 1 nitrogen and oxygen atoms in total. The second kappa shape index (κ2) is 7.16. The molecule has 1 aliphatic heterocycles. The van der Waals surface area contributed by atoms with Gasteiger partial charge in [-0.3, -0.25) is 4.90 Å². The molecule has 1 atom stereocenters. The highest BCUT2D eigenvalue weighted by atomic mass is 35.5. The lowest BCUT2D eigenvalue weighted by Gasteiger charge is -2.24. The molecule has 0 N–H and O–H groups in total. The lowest BCUT2D eigenvalue weighted by molar-refractivity contribution is 0.234. The van der Waals surface area contributed by atoms with Crippen molar-refractivity contribution in [3.8, 4) is 0 Å². The molecule has 0 aromatic heterocycles. The quantitative estimate of drug-likeness (QED) is 0.696. The van der Waals surface area contributed by atoms with Crippen molar-refractivity contribution in [1.29, 1.82) is 0 Å². The number of aryl methyl sites for hydroxylation is 1. The average molecular weight is 266 g/mol. The van der Waals surface area contributed by atoms with E-state index in [4.69, 9.17) is 11.6 Å². The van der Waals surface area contributed by atoms with Gasteiger partial charge < -0.3 is 0 Å². The zero-order valence-electron chi connectivity index (χ0n) is 11.4. The summed E-state index contributed by atoms with van der Waals surface area (Å²) < 4.78 is 0. The Balaban J connectivity index is 1.90. The van der Waals surface area contributed by atoms with Crippen LogP contribution in [0.2, 0.25) is 0 Å². The highest BCUT2D eigenvalue weighted by Gasteiger charge is 2.23. The standard InChI is InChI=1S/C16H24ClN/c1-2-14-7-9-15(10-8-14)13-18-12-4-6-16(18)5-3-11-17/h7-10,16H,2-6,11-13H2,1H3. The molecule has 100 valence electrons. The molecule has 1 aromatic carbocycles. The minimum Gasteiger partial charge on any atom is -0.296 e. The van der Waals surface area contributed by atoms with E-state index in [-0.39, 0.29) is 0 Å². The molecule has 2 rings (SSSR count). The van der Waals surface area contributed by atoms with Gasteiger partial charge in [-0.25, -0.2) is 0 Å². The molecule has 1 aliphatic rings. The molecule has 1 fully saturated rings. The largest absolute Gasteiger partial charge is 0.296 e. The van der Waals surface area contributed by atoms with Gasteiger partial charge in [-0.1, -0.05) is 31.2 Å². The molecule has 0 aliphatic carbocycles. The molecular formula is C16H24ClN. The van der Waals surface area contributed by atoms with E-state index in [1.54, 1.807) is 0 Å². The first kappa shape index (κ1) is 13.9. The number of rotatable bonds is 6. The maximum absolute atomic E-state index is 5.80. The third-order valence-corrected chi connectivity index (χ3v) is 4.25. The molecular weight excluding hydrogens is 242 g/mol. The maximum atomic E-state index is 5.80. The molecule has 0 radical (unpaired) electrons. The predicted octanol–water partition coefficient (Wildman–Crippen LogP) is 4.23. The van der Waals surface area contributed by atoms with Crippen LogP contribution in [0.25, 0.3) is 0 Å². The van der Waals surface area contributed by atoms with Gasteiger partial charge in [0.1, 0.15) is 0 Å². The number of hydrogen-bond donors (Lipinski definition) is 0. The molecule has 1 unspecified atom stereocenters. The Kier molecular flexibility index (Phi) is 5.52. The molecule has 18 heavy (non-hydrogen) atoms. The first-order chi connectivity index (χ1) is 8.83. The first-order valence-electron chi connectivity index (χ1n) is 7.21. The second-order valence-electron chi connectivity index (χ2n) is 5.27. The Morgan fingerprint density at radius 2 is 1.94 bits per heavy atom. The van der Waals surface area contributed by atoms with Gasteiger partial charge in [-0.05, 0) is 49.8 Å². The smallest absolute Gasteiger partial charge is 0.0236 e. The van der Waals surface area contributed by atoms with E-state index in [0.717, 1.165) is 31.3 Å². The molecule has 0 bridgehead atoms. The van der Waals surface area contributed by atoms with E-state index in [1.807, 2.05) is 0 Å². The van der Waals surface area contributed by atoms with Crippen LogP contribution in [0.15, 0.2) is 24.3 Å². The van der Waals surface area contributed by atoms with E-state index < -0.39 is 0 Å². The van der Waals surface area contributed by atoms with Gasteiger partial charge in [0.2, 0.25) is 0 Å². The van der Waals surface area contributed by atoms with Gasteiger partial charge in [-0.15, -0.1) is 11.6 Å². The first-order valence-corrected chi connectivity index (χ1v) is 7.74. The SMILES string of the molecule is CCc1ccc(CN2CCCC2CCCCl)cc1. The van der Waals surface area contributed by atoms with Crippen molar-refractivity contribution in [2.45, 2.75) is 51.6 Å². The third kappa shape index (κ3) is 3.73. The molecule has 2 heteroatoms. The maximum Gasteiger partial charge on any atom is 0.0236 e. The highest BCUT2D eigenvalue weighted by molar-refractivity contribution is 6.17. The number of halogens is 1. The molecule has 0 saturated carbocycles. The van der Waals surface area contributed by atoms with Gasteiger partial charge >= 0.3 is 0 Å². The number of likely N-dealkylation sites (tertiary alicyclic amines) is 1. The summed E-state index contributed by atoms with van der Waals surface area (Å²) in [6, 6.07) is 9.86. The second-order valence-corrected chi connectivity index (χ2v) is 5.65. The minimum absolute atomic E-state index is 0.759. The van der Waals surface area contributed by atoms with Crippen LogP contribution in [-0.2, 0) is 13.0 Å². The summed E-state index contributed by atoms with van der Waals surface area (Å²) in [6.07, 6.45) is 6.24. The van der Waals surface area contributed by atoms with Gasteiger partial charge in [0.05, 0.1) is 0 Å². The fourth-order valence-electron chi connectivity index (χ4n) is 2.86. The van der Waals surface area contributed by atoms with Gasteiger partial charge in [0.15, 0.2) is 0 Å². The average Bonchev–Trinajstić information content (AvgIpc) is 2.84. The van der Waals surface area contributed by atoms with Crippen LogP contribution >= 0.6 is 11.6 Å². The van der Waals surface area contributed by atoms with E-state index in [2.05, 4.69) is 36.1 Å². The summed E-state index contributed by atoms with van der Waals surface area (Å²) in [6.45, 7) is 4.57. The van der Waals surface area contributed by atoms with Crippen molar-refractivity contribution in [3.63, 3.8) is 0 Å². The zero-order chi connectivity index (χ0) is 12.8. The Morgan fingerprint density at radius 3 is 2.61 bits per heavy atom. The minimum atomic E-state index is 0.759. The zero-order valence-corrected chi connectivity index (χ0v) is 12.1. The van der Waals surface area contributed by atoms with E-state index in [9.17, 15) is 0 Å². The van der Waals surface area contributed by atoms with Crippen molar-refractivity contribution in [2.75, 3.05) is 12.4 Å². The Labute approximate surface area is 116 Å². The molecule has 1 saturated heterocycles. The summed E-state index contributed by atoms with van der Waals surface area (Å²) in [7, 11) is 0. The Hall–Kier alpha value is -0.530. The molecule has 0 spiro atoms. The van der Waals surface area contributed by atoms with Crippen molar-refractivity contribution in [2.24, 2.45) is 0 Å². The van der Waals surface area contributed by atoms with Crippen molar-refractivity contribution >= 4 is 11.6 Å². The highest BCUT2D eigenvalue weighted by Crippen LogP contribution is 2.23. The van der Waals surface area contributed by atoms with Crippen molar-refractivity contribution in [3.05, 3.63) is 35.4 Å². The van der Waals surface area contributed by atoms with Crippen LogP contribution < -0.4 is 0 Å². The van der Waals surface area contributed by atoms with Crippen LogP contribution in [0.1, 0.15) is 43.7 Å². The summed E-state index contributed by atoms with van der Waals surface area (Å²) in [5.74, 6) is 0.801. The van der Waals surface area contributed by atoms with Crippen LogP contribution in [-0.4, -0.2) is 23.4 Å². The summed E-state index contributed by atoms with van der Waals surface area (Å²) in [5.41, 5.74) is 2.88. The number of alkyl halides is 1. The summed E-state index contributed by atoms with van der Waals surface area (Å²) in [4.78, 5) is 2.63. The number of nitrogens with zero attached hydrogens (tertiary/aromatic N) is 1. The molecule has 0 amide bonds. The summed E-state index contributed by atoms with van der Waals surface area (Å²) in [5, 5.41) is 0.